The molecule has 3 aliphatic rings. The van der Waals surface area contributed by atoms with Crippen LogP contribution in [-0.4, -0.2) is 63.7 Å². The Kier molecular flexibility index (Phi) is 8.49. The van der Waals surface area contributed by atoms with Gasteiger partial charge in [-0.25, -0.2) is 19.4 Å². The van der Waals surface area contributed by atoms with Crippen molar-refractivity contribution in [3.8, 4) is 17.1 Å². The number of esters is 2. The summed E-state index contributed by atoms with van der Waals surface area (Å²) in [7, 11) is 0. The molecule has 246 valence electrons. The molecule has 0 fully saturated rings. The maximum absolute atomic E-state index is 13.6. The number of hydrogen-bond donors (Lipinski definition) is 2. The van der Waals surface area contributed by atoms with Gasteiger partial charge in [0.25, 0.3) is 5.56 Å². The number of allylic oxidation sites excluding steroid dienone is 2. The summed E-state index contributed by atoms with van der Waals surface area (Å²) in [5.41, 5.74) is 2.42. The number of aromatic nitrogens is 2. The number of carbonyl (C=O) groups excluding carboxylic acids is 3. The molecule has 3 aliphatic heterocycles. The van der Waals surface area contributed by atoms with Crippen molar-refractivity contribution in [2.24, 2.45) is 0 Å². The van der Waals surface area contributed by atoms with Crippen molar-refractivity contribution in [1.82, 2.24) is 19.8 Å². The zero-order chi connectivity index (χ0) is 33.5. The predicted octanol–water partition coefficient (Wildman–Crippen LogP) is 3.37. The van der Waals surface area contributed by atoms with Gasteiger partial charge in [0, 0.05) is 28.8 Å². The van der Waals surface area contributed by atoms with E-state index in [1.165, 1.54) is 0 Å². The minimum absolute atomic E-state index is 0.0259. The second kappa shape index (κ2) is 12.6. The largest absolute Gasteiger partial charge is 0.458 e. The zero-order valence-corrected chi connectivity index (χ0v) is 26.6. The van der Waals surface area contributed by atoms with Crippen LogP contribution >= 0.6 is 0 Å². The molecule has 13 heteroatoms. The molecule has 3 aromatic rings. The van der Waals surface area contributed by atoms with Gasteiger partial charge in [0.15, 0.2) is 12.3 Å². The minimum Gasteiger partial charge on any atom is -0.458 e. The molecule has 1 aromatic carbocycles. The first kappa shape index (κ1) is 31.8. The van der Waals surface area contributed by atoms with Crippen LogP contribution in [0.4, 0.5) is 4.79 Å². The van der Waals surface area contributed by atoms with Crippen molar-refractivity contribution in [1.29, 1.82) is 0 Å². The molecule has 1 amide bonds. The minimum atomic E-state index is -1.89. The van der Waals surface area contributed by atoms with Crippen LogP contribution < -0.4 is 15.6 Å². The van der Waals surface area contributed by atoms with Gasteiger partial charge >= 0.3 is 18.0 Å². The van der Waals surface area contributed by atoms with Crippen LogP contribution in [0.2, 0.25) is 0 Å². The van der Waals surface area contributed by atoms with Crippen LogP contribution in [0.3, 0.4) is 0 Å². The van der Waals surface area contributed by atoms with Crippen molar-refractivity contribution in [2.75, 3.05) is 20.1 Å². The molecule has 2 aromatic heterocycles. The average molecular weight is 645 g/mol. The van der Waals surface area contributed by atoms with Crippen LogP contribution in [0.25, 0.3) is 22.3 Å². The zero-order valence-electron chi connectivity index (χ0n) is 26.6. The Morgan fingerprint density at radius 1 is 1.13 bits per heavy atom. The van der Waals surface area contributed by atoms with Crippen LogP contribution in [0, 0.1) is 0 Å². The molecule has 5 heterocycles. The number of pyridine rings is 2. The van der Waals surface area contributed by atoms with Gasteiger partial charge in [0.2, 0.25) is 6.79 Å². The molecule has 0 bridgehead atoms. The van der Waals surface area contributed by atoms with Crippen LogP contribution in [0.5, 0.6) is 5.75 Å². The van der Waals surface area contributed by atoms with E-state index >= 15 is 0 Å². The van der Waals surface area contributed by atoms with Gasteiger partial charge in [0.1, 0.15) is 12.4 Å². The Hall–Kier alpha value is -5.17. The van der Waals surface area contributed by atoms with E-state index in [2.05, 4.69) is 5.32 Å². The summed E-state index contributed by atoms with van der Waals surface area (Å²) < 4.78 is 23.1. The summed E-state index contributed by atoms with van der Waals surface area (Å²) in [5.74, 6) is -0.855. The molecule has 1 atom stereocenters. The van der Waals surface area contributed by atoms with Gasteiger partial charge in [-0.1, -0.05) is 13.8 Å². The van der Waals surface area contributed by atoms with Crippen molar-refractivity contribution < 1.29 is 38.4 Å². The Bertz CT molecular complexity index is 1910. The van der Waals surface area contributed by atoms with E-state index in [1.54, 1.807) is 52.9 Å². The van der Waals surface area contributed by atoms with Crippen molar-refractivity contribution in [3.05, 3.63) is 80.8 Å². The second-order valence-electron chi connectivity index (χ2n) is 11.9. The molecule has 2 N–H and O–H groups in total. The van der Waals surface area contributed by atoms with Crippen LogP contribution in [0.15, 0.2) is 53.0 Å². The lowest BCUT2D eigenvalue weighted by molar-refractivity contribution is -0.172. The van der Waals surface area contributed by atoms with E-state index in [0.717, 1.165) is 16.5 Å². The number of rotatable bonds is 9. The number of ether oxygens (including phenoxy) is 4. The second-order valence-corrected chi connectivity index (χ2v) is 11.9. The number of nitrogens with zero attached hydrogens (tertiary/aromatic N) is 3. The van der Waals surface area contributed by atoms with E-state index < -0.39 is 23.6 Å². The number of carbonyl (C=O) groups is 3. The number of amides is 1. The van der Waals surface area contributed by atoms with Crippen LogP contribution in [0.1, 0.15) is 56.4 Å². The van der Waals surface area contributed by atoms with E-state index in [1.807, 2.05) is 26.8 Å². The van der Waals surface area contributed by atoms with E-state index in [9.17, 15) is 24.3 Å². The average Bonchev–Trinajstić information content (AvgIpc) is 3.43. The highest BCUT2D eigenvalue weighted by atomic mass is 16.7. The fourth-order valence-electron chi connectivity index (χ4n) is 6.12. The summed E-state index contributed by atoms with van der Waals surface area (Å²) in [6, 6.07) is 7.00. The molecule has 0 aliphatic carbocycles. The normalized spacial score (nSPS) is 17.9. The number of alkyl carbamates (subject to hydrolysis) is 1. The SMILES string of the molecule is CCc1c2c(nc3ccc(OCOC(=O)C4=CC=CN(COC(=O)NC(C)C)C4)cc13)-c1cc3c(c(=O)n1C2)COC(=O)[C@]3(O)CC. The molecule has 0 unspecified atom stereocenters. The molecular formula is C34H36N4O9. The lowest BCUT2D eigenvalue weighted by Crippen LogP contribution is -2.44. The lowest BCUT2D eigenvalue weighted by Gasteiger charge is -2.31. The van der Waals surface area contributed by atoms with Gasteiger partial charge in [-0.15, -0.1) is 0 Å². The fourth-order valence-corrected chi connectivity index (χ4v) is 6.12. The summed E-state index contributed by atoms with van der Waals surface area (Å²) in [4.78, 5) is 57.1. The number of aryl methyl sites for hydroxylation is 1. The third-order valence-electron chi connectivity index (χ3n) is 8.54. The molecule has 13 nitrogen and oxygen atoms in total. The van der Waals surface area contributed by atoms with Gasteiger partial charge in [0.05, 0.1) is 41.1 Å². The summed E-state index contributed by atoms with van der Waals surface area (Å²) in [6.07, 6.45) is 5.19. The van der Waals surface area contributed by atoms with Gasteiger partial charge in [-0.2, -0.15) is 0 Å². The third-order valence-corrected chi connectivity index (χ3v) is 8.54. The Labute approximate surface area is 270 Å². The summed E-state index contributed by atoms with van der Waals surface area (Å²) in [5, 5.41) is 14.6. The molecule has 6 rings (SSSR count). The highest BCUT2D eigenvalue weighted by Gasteiger charge is 2.45. The third kappa shape index (κ3) is 5.82. The first-order valence-corrected chi connectivity index (χ1v) is 15.5. The van der Waals surface area contributed by atoms with E-state index in [-0.39, 0.29) is 62.4 Å². The van der Waals surface area contributed by atoms with Crippen molar-refractivity contribution in [3.63, 3.8) is 0 Å². The molecule has 0 saturated heterocycles. The molecular weight excluding hydrogens is 608 g/mol. The number of hydrogen-bond acceptors (Lipinski definition) is 11. The highest BCUT2D eigenvalue weighted by Crippen LogP contribution is 2.40. The lowest BCUT2D eigenvalue weighted by atomic mass is 9.86. The quantitative estimate of drug-likeness (QED) is 0.156. The fraction of sp³-hybridized carbons (Fsp3) is 0.382. The number of nitrogens with one attached hydrogen (secondary N) is 1. The summed E-state index contributed by atoms with van der Waals surface area (Å²) in [6.45, 7) is 7.29. The Morgan fingerprint density at radius 2 is 1.94 bits per heavy atom. The Morgan fingerprint density at radius 3 is 2.68 bits per heavy atom. The maximum Gasteiger partial charge on any atom is 0.409 e. The number of aliphatic hydroxyl groups is 1. The first-order chi connectivity index (χ1) is 22.5. The summed E-state index contributed by atoms with van der Waals surface area (Å²) >= 11 is 0. The molecule has 0 saturated carbocycles. The van der Waals surface area contributed by atoms with Crippen molar-refractivity contribution >= 4 is 28.9 Å². The number of benzene rings is 1. The van der Waals surface area contributed by atoms with E-state index in [4.69, 9.17) is 23.9 Å². The molecule has 0 radical (unpaired) electrons. The number of cyclic esters (lactones) is 1. The Balaban J connectivity index is 1.17. The topological polar surface area (TPSA) is 159 Å². The smallest absolute Gasteiger partial charge is 0.409 e. The van der Waals surface area contributed by atoms with Gasteiger partial charge in [-0.3, -0.25) is 4.79 Å². The van der Waals surface area contributed by atoms with Gasteiger partial charge < -0.3 is 38.8 Å². The number of fused-ring (bicyclic) bond motifs is 5. The highest BCUT2D eigenvalue weighted by molar-refractivity contribution is 5.90. The monoisotopic (exact) mass is 644 g/mol. The molecule has 0 spiro atoms. The first-order valence-electron chi connectivity index (χ1n) is 15.5. The van der Waals surface area contributed by atoms with E-state index in [0.29, 0.717) is 34.6 Å². The van der Waals surface area contributed by atoms with Crippen LogP contribution in [-0.2, 0) is 49.0 Å². The maximum atomic E-state index is 13.6. The molecule has 47 heavy (non-hydrogen) atoms. The van der Waals surface area contributed by atoms with Crippen molar-refractivity contribution in [2.45, 2.75) is 65.3 Å². The standard InChI is InChI=1S/C34H36N4O9/c1-5-22-23-12-21(46-18-47-31(40)20-8-7-11-37(14-20)17-45-33(42)35-19(3)4)9-10-27(23)36-29-24(22)15-38-28(29)13-26-25(30(38)39)16-44-32(41)34(26,43)6-2/h7-13,19,43H,5-6,14-18H2,1-4H3,(H,35,42)/t34-/m0/s1. The van der Waals surface area contributed by atoms with Gasteiger partial charge in [-0.05, 0) is 68.7 Å². The predicted molar refractivity (Wildman–Crippen MR) is 169 cm³/mol.